The Morgan fingerprint density at radius 1 is 1.47 bits per heavy atom. The van der Waals surface area contributed by atoms with Crippen molar-refractivity contribution in [3.63, 3.8) is 0 Å². The Hall–Kier alpha value is -1.42. The fourth-order valence-corrected chi connectivity index (χ4v) is 1.18. The number of rotatable bonds is 6. The highest BCUT2D eigenvalue weighted by Crippen LogP contribution is 1.93. The van der Waals surface area contributed by atoms with Crippen LogP contribution in [0.3, 0.4) is 0 Å². The molecular formula is C11H16N2O2. The van der Waals surface area contributed by atoms with Crippen molar-refractivity contribution in [2.75, 3.05) is 20.2 Å². The lowest BCUT2D eigenvalue weighted by Crippen LogP contribution is -2.21. The van der Waals surface area contributed by atoms with Gasteiger partial charge in [-0.1, -0.05) is 6.07 Å². The van der Waals surface area contributed by atoms with E-state index in [-0.39, 0.29) is 5.97 Å². The molecule has 1 heterocycles. The third kappa shape index (κ3) is 5.12. The summed E-state index contributed by atoms with van der Waals surface area (Å²) in [5.41, 5.74) is 1.06. The van der Waals surface area contributed by atoms with Gasteiger partial charge in [0.25, 0.3) is 0 Å². The molecule has 4 nitrogen and oxygen atoms in total. The molecule has 0 radical (unpaired) electrons. The Balaban J connectivity index is 2.05. The molecule has 1 aromatic rings. The first-order valence-electron chi connectivity index (χ1n) is 5.00. The summed E-state index contributed by atoms with van der Waals surface area (Å²) in [6.45, 7) is 1.48. The number of carbonyl (C=O) groups is 1. The predicted octanol–water partition coefficient (Wildman–Crippen LogP) is 0.777. The maximum atomic E-state index is 10.8. The summed E-state index contributed by atoms with van der Waals surface area (Å²) in [6.07, 6.45) is 3.07. The molecule has 15 heavy (non-hydrogen) atoms. The number of nitrogens with zero attached hydrogens (tertiary/aromatic N) is 1. The van der Waals surface area contributed by atoms with Gasteiger partial charge in [0.2, 0.25) is 0 Å². The van der Waals surface area contributed by atoms with Crippen molar-refractivity contribution < 1.29 is 9.53 Å². The third-order valence-corrected chi connectivity index (χ3v) is 2.02. The van der Waals surface area contributed by atoms with Crippen molar-refractivity contribution in [2.45, 2.75) is 12.8 Å². The third-order valence-electron chi connectivity index (χ3n) is 2.02. The molecule has 0 aliphatic rings. The van der Waals surface area contributed by atoms with E-state index < -0.39 is 0 Å². The largest absolute Gasteiger partial charge is 0.469 e. The minimum atomic E-state index is -0.180. The second-order valence-corrected chi connectivity index (χ2v) is 3.15. The van der Waals surface area contributed by atoms with Crippen LogP contribution in [0.25, 0.3) is 0 Å². The maximum absolute atomic E-state index is 10.8. The van der Waals surface area contributed by atoms with Crippen molar-refractivity contribution >= 4 is 5.97 Å². The summed E-state index contributed by atoms with van der Waals surface area (Å²) in [7, 11) is 1.40. The molecule has 1 aromatic heterocycles. The number of hydrogen-bond donors (Lipinski definition) is 1. The highest BCUT2D eigenvalue weighted by Gasteiger charge is 1.98. The Labute approximate surface area is 89.7 Å². The molecule has 0 aliphatic carbocycles. The number of methoxy groups -OCH3 is 1. The molecular weight excluding hydrogens is 192 g/mol. The van der Waals surface area contributed by atoms with Crippen molar-refractivity contribution in [1.82, 2.24) is 10.3 Å². The molecule has 0 bridgehead atoms. The number of hydrogen-bond acceptors (Lipinski definition) is 4. The van der Waals surface area contributed by atoms with Gasteiger partial charge in [0.05, 0.1) is 13.5 Å². The first kappa shape index (κ1) is 11.7. The van der Waals surface area contributed by atoms with E-state index in [1.54, 1.807) is 6.20 Å². The van der Waals surface area contributed by atoms with Gasteiger partial charge in [-0.2, -0.15) is 0 Å². The lowest BCUT2D eigenvalue weighted by molar-refractivity contribution is -0.140. The standard InChI is InChI=1S/C11H16N2O2/c1-15-11(14)6-9-12-8-5-10-4-2-3-7-13-10/h2-4,7,12H,5-6,8-9H2,1H3. The van der Waals surface area contributed by atoms with Gasteiger partial charge in [0.1, 0.15) is 0 Å². The molecule has 0 amide bonds. The summed E-state index contributed by atoms with van der Waals surface area (Å²) in [5.74, 6) is -0.180. The zero-order valence-corrected chi connectivity index (χ0v) is 8.90. The number of carbonyl (C=O) groups excluding carboxylic acids is 1. The molecule has 0 fully saturated rings. The Kier molecular flexibility index (Phi) is 5.40. The minimum absolute atomic E-state index is 0.180. The summed E-state index contributed by atoms with van der Waals surface area (Å²) in [4.78, 5) is 15.0. The van der Waals surface area contributed by atoms with E-state index in [9.17, 15) is 4.79 Å². The zero-order valence-electron chi connectivity index (χ0n) is 8.90. The van der Waals surface area contributed by atoms with E-state index in [1.807, 2.05) is 18.2 Å². The molecule has 0 saturated carbocycles. The number of ether oxygens (including phenoxy) is 1. The van der Waals surface area contributed by atoms with Gasteiger partial charge in [-0.25, -0.2) is 0 Å². The molecule has 1 rings (SSSR count). The van der Waals surface area contributed by atoms with Gasteiger partial charge in [0, 0.05) is 31.4 Å². The van der Waals surface area contributed by atoms with E-state index >= 15 is 0 Å². The van der Waals surface area contributed by atoms with Crippen LogP contribution in [0.1, 0.15) is 12.1 Å². The summed E-state index contributed by atoms with van der Waals surface area (Å²) >= 11 is 0. The smallest absolute Gasteiger partial charge is 0.306 e. The number of aromatic nitrogens is 1. The molecule has 0 aromatic carbocycles. The van der Waals surface area contributed by atoms with Crippen molar-refractivity contribution in [2.24, 2.45) is 0 Å². The molecule has 82 valence electrons. The van der Waals surface area contributed by atoms with Crippen molar-refractivity contribution in [3.05, 3.63) is 30.1 Å². The summed E-state index contributed by atoms with van der Waals surface area (Å²) < 4.78 is 4.52. The molecule has 0 unspecified atom stereocenters. The zero-order chi connectivity index (χ0) is 10.9. The van der Waals surface area contributed by atoms with Gasteiger partial charge in [-0.05, 0) is 12.1 Å². The highest BCUT2D eigenvalue weighted by molar-refractivity contribution is 5.69. The first-order chi connectivity index (χ1) is 7.33. The average molecular weight is 208 g/mol. The number of pyridine rings is 1. The van der Waals surface area contributed by atoms with E-state index in [0.717, 1.165) is 18.7 Å². The fourth-order valence-electron chi connectivity index (χ4n) is 1.18. The molecule has 0 aliphatic heterocycles. The number of esters is 1. The Morgan fingerprint density at radius 3 is 3.00 bits per heavy atom. The van der Waals surface area contributed by atoms with Crippen LogP contribution < -0.4 is 5.32 Å². The minimum Gasteiger partial charge on any atom is -0.469 e. The monoisotopic (exact) mass is 208 g/mol. The fraction of sp³-hybridized carbons (Fsp3) is 0.455. The average Bonchev–Trinajstić information content (AvgIpc) is 2.29. The van der Waals surface area contributed by atoms with E-state index in [0.29, 0.717) is 13.0 Å². The van der Waals surface area contributed by atoms with Gasteiger partial charge in [-0.15, -0.1) is 0 Å². The predicted molar refractivity (Wildman–Crippen MR) is 57.4 cm³/mol. The second-order valence-electron chi connectivity index (χ2n) is 3.15. The highest BCUT2D eigenvalue weighted by atomic mass is 16.5. The van der Waals surface area contributed by atoms with Gasteiger partial charge in [0.15, 0.2) is 0 Å². The van der Waals surface area contributed by atoms with Gasteiger partial charge >= 0.3 is 5.97 Å². The van der Waals surface area contributed by atoms with Crippen LogP contribution in [-0.4, -0.2) is 31.2 Å². The van der Waals surface area contributed by atoms with Crippen LogP contribution in [0.5, 0.6) is 0 Å². The number of nitrogens with one attached hydrogen (secondary N) is 1. The van der Waals surface area contributed by atoms with Gasteiger partial charge in [-0.3, -0.25) is 9.78 Å². The Morgan fingerprint density at radius 2 is 2.33 bits per heavy atom. The SMILES string of the molecule is COC(=O)CCNCCc1ccccn1. The molecule has 0 saturated heterocycles. The normalized spacial score (nSPS) is 9.93. The van der Waals surface area contributed by atoms with Crippen LogP contribution in [0.15, 0.2) is 24.4 Å². The van der Waals surface area contributed by atoms with Crippen LogP contribution in [0, 0.1) is 0 Å². The van der Waals surface area contributed by atoms with E-state index in [2.05, 4.69) is 15.0 Å². The molecule has 0 spiro atoms. The lowest BCUT2D eigenvalue weighted by Gasteiger charge is -2.03. The van der Waals surface area contributed by atoms with E-state index in [1.165, 1.54) is 7.11 Å². The second kappa shape index (κ2) is 6.95. The van der Waals surface area contributed by atoms with E-state index in [4.69, 9.17) is 0 Å². The van der Waals surface area contributed by atoms with Crippen LogP contribution >= 0.6 is 0 Å². The molecule has 4 heteroatoms. The molecule has 0 atom stereocenters. The maximum Gasteiger partial charge on any atom is 0.306 e. The quantitative estimate of drug-likeness (QED) is 0.554. The topological polar surface area (TPSA) is 51.2 Å². The lowest BCUT2D eigenvalue weighted by atomic mass is 10.3. The van der Waals surface area contributed by atoms with Crippen LogP contribution in [-0.2, 0) is 16.0 Å². The van der Waals surface area contributed by atoms with Crippen LogP contribution in [0.2, 0.25) is 0 Å². The molecule has 1 N–H and O–H groups in total. The first-order valence-corrected chi connectivity index (χ1v) is 5.00. The van der Waals surface area contributed by atoms with Crippen LogP contribution in [0.4, 0.5) is 0 Å². The van der Waals surface area contributed by atoms with Crippen molar-refractivity contribution in [3.8, 4) is 0 Å². The Bertz CT molecular complexity index is 288. The van der Waals surface area contributed by atoms with Crippen molar-refractivity contribution in [1.29, 1.82) is 0 Å². The summed E-state index contributed by atoms with van der Waals surface area (Å²) in [6, 6.07) is 5.85. The summed E-state index contributed by atoms with van der Waals surface area (Å²) in [5, 5.41) is 3.16. The van der Waals surface area contributed by atoms with Gasteiger partial charge < -0.3 is 10.1 Å².